The molecule has 0 aliphatic heterocycles. The van der Waals surface area contributed by atoms with Crippen molar-refractivity contribution in [3.05, 3.63) is 29.6 Å². The van der Waals surface area contributed by atoms with E-state index >= 15 is 0 Å². The van der Waals surface area contributed by atoms with Crippen LogP contribution in [0.15, 0.2) is 18.2 Å². The SMILES string of the molecule is Cc1ccc2nc(C(C)Cl)n(CCNS(C)(=O)=O)c2c1. The first kappa shape index (κ1) is 15.3. The number of halogens is 1. The molecule has 1 aromatic heterocycles. The van der Waals surface area contributed by atoms with Crippen LogP contribution in [0.25, 0.3) is 11.0 Å². The summed E-state index contributed by atoms with van der Waals surface area (Å²) in [7, 11) is -3.19. The van der Waals surface area contributed by atoms with Gasteiger partial charge in [-0.1, -0.05) is 6.07 Å². The molecule has 0 aliphatic carbocycles. The van der Waals surface area contributed by atoms with Gasteiger partial charge in [0, 0.05) is 13.1 Å². The van der Waals surface area contributed by atoms with Gasteiger partial charge in [0.2, 0.25) is 10.0 Å². The molecule has 7 heteroatoms. The van der Waals surface area contributed by atoms with E-state index in [4.69, 9.17) is 11.6 Å². The minimum absolute atomic E-state index is 0.235. The molecule has 1 N–H and O–H groups in total. The molecular formula is C13H18ClN3O2S. The Hall–Kier alpha value is -1.11. The first-order valence-electron chi connectivity index (χ1n) is 6.33. The third-order valence-electron chi connectivity index (χ3n) is 2.99. The first-order chi connectivity index (χ1) is 9.28. The Kier molecular flexibility index (Phi) is 4.36. The summed E-state index contributed by atoms with van der Waals surface area (Å²) in [5, 5.41) is -0.235. The number of aromatic nitrogens is 2. The number of aryl methyl sites for hydroxylation is 1. The van der Waals surface area contributed by atoms with Gasteiger partial charge < -0.3 is 4.57 Å². The Bertz CT molecular complexity index is 723. The van der Waals surface area contributed by atoms with Gasteiger partial charge in [-0.3, -0.25) is 0 Å². The van der Waals surface area contributed by atoms with Crippen molar-refractivity contribution in [2.75, 3.05) is 12.8 Å². The van der Waals surface area contributed by atoms with Crippen molar-refractivity contribution in [2.24, 2.45) is 0 Å². The van der Waals surface area contributed by atoms with Crippen molar-refractivity contribution in [3.63, 3.8) is 0 Å². The van der Waals surface area contributed by atoms with Crippen LogP contribution in [0.5, 0.6) is 0 Å². The van der Waals surface area contributed by atoms with Crippen molar-refractivity contribution >= 4 is 32.7 Å². The third-order valence-corrected chi connectivity index (χ3v) is 3.91. The summed E-state index contributed by atoms with van der Waals surface area (Å²) in [6, 6.07) is 5.98. The standard InChI is InChI=1S/C13H18ClN3O2S/c1-9-4-5-11-12(8-9)17(13(16-11)10(2)14)7-6-15-20(3,18)19/h4-5,8,10,15H,6-7H2,1-3H3. The van der Waals surface area contributed by atoms with Gasteiger partial charge in [-0.15, -0.1) is 11.6 Å². The molecule has 2 aromatic rings. The lowest BCUT2D eigenvalue weighted by Crippen LogP contribution is -2.26. The van der Waals surface area contributed by atoms with Crippen molar-refractivity contribution in [2.45, 2.75) is 25.8 Å². The smallest absolute Gasteiger partial charge is 0.208 e. The fourth-order valence-electron chi connectivity index (χ4n) is 2.13. The first-order valence-corrected chi connectivity index (χ1v) is 8.66. The monoisotopic (exact) mass is 315 g/mol. The zero-order valence-corrected chi connectivity index (χ0v) is 13.3. The summed E-state index contributed by atoms with van der Waals surface area (Å²) in [6.07, 6.45) is 1.15. The number of nitrogens with zero attached hydrogens (tertiary/aromatic N) is 2. The Labute approximate surface area is 124 Å². The van der Waals surface area contributed by atoms with Gasteiger partial charge in [0.1, 0.15) is 5.82 Å². The van der Waals surface area contributed by atoms with Crippen LogP contribution in [0, 0.1) is 6.92 Å². The molecule has 110 valence electrons. The van der Waals surface area contributed by atoms with Crippen molar-refractivity contribution in [3.8, 4) is 0 Å². The topological polar surface area (TPSA) is 64.0 Å². The molecule has 2 rings (SSSR count). The number of benzene rings is 1. The summed E-state index contributed by atoms with van der Waals surface area (Å²) < 4.78 is 26.7. The lowest BCUT2D eigenvalue weighted by Gasteiger charge is -2.11. The van der Waals surface area contributed by atoms with Crippen LogP contribution in [-0.4, -0.2) is 30.8 Å². The molecule has 20 heavy (non-hydrogen) atoms. The Morgan fingerprint density at radius 2 is 2.15 bits per heavy atom. The predicted molar refractivity (Wildman–Crippen MR) is 81.6 cm³/mol. The van der Waals surface area contributed by atoms with Crippen molar-refractivity contribution in [1.82, 2.24) is 14.3 Å². The molecule has 0 fully saturated rings. The normalized spacial score (nSPS) is 13.8. The van der Waals surface area contributed by atoms with E-state index in [9.17, 15) is 8.42 Å². The molecule has 1 heterocycles. The summed E-state index contributed by atoms with van der Waals surface area (Å²) >= 11 is 6.17. The summed E-state index contributed by atoms with van der Waals surface area (Å²) in [5.41, 5.74) is 2.98. The van der Waals surface area contributed by atoms with Gasteiger partial charge in [-0.2, -0.15) is 0 Å². The second kappa shape index (κ2) is 5.71. The molecule has 0 aliphatic rings. The highest BCUT2D eigenvalue weighted by Gasteiger charge is 2.15. The average molecular weight is 316 g/mol. The lowest BCUT2D eigenvalue weighted by atomic mass is 10.2. The number of fused-ring (bicyclic) bond motifs is 1. The van der Waals surface area contributed by atoms with E-state index in [-0.39, 0.29) is 5.38 Å². The maximum atomic E-state index is 11.1. The molecule has 0 saturated heterocycles. The molecule has 0 radical (unpaired) electrons. The van der Waals surface area contributed by atoms with Crippen LogP contribution >= 0.6 is 11.6 Å². The maximum Gasteiger partial charge on any atom is 0.208 e. The van der Waals surface area contributed by atoms with Crippen LogP contribution in [0.3, 0.4) is 0 Å². The minimum atomic E-state index is -3.19. The van der Waals surface area contributed by atoms with Gasteiger partial charge in [-0.05, 0) is 31.5 Å². The molecule has 5 nitrogen and oxygen atoms in total. The van der Waals surface area contributed by atoms with E-state index in [1.165, 1.54) is 0 Å². The molecule has 1 unspecified atom stereocenters. The molecule has 0 saturated carbocycles. The number of sulfonamides is 1. The third kappa shape index (κ3) is 3.50. The van der Waals surface area contributed by atoms with E-state index in [1.54, 1.807) is 0 Å². The summed E-state index contributed by atoms with van der Waals surface area (Å²) in [5.74, 6) is 0.752. The molecular weight excluding hydrogens is 298 g/mol. The number of imidazole rings is 1. The second-order valence-electron chi connectivity index (χ2n) is 4.90. The van der Waals surface area contributed by atoms with Gasteiger partial charge in [0.25, 0.3) is 0 Å². The van der Waals surface area contributed by atoms with Crippen molar-refractivity contribution in [1.29, 1.82) is 0 Å². The second-order valence-corrected chi connectivity index (χ2v) is 7.38. The lowest BCUT2D eigenvalue weighted by molar-refractivity contribution is 0.577. The fraction of sp³-hybridized carbons (Fsp3) is 0.462. The molecule has 0 spiro atoms. The summed E-state index contributed by atoms with van der Waals surface area (Å²) in [6.45, 7) is 4.68. The largest absolute Gasteiger partial charge is 0.325 e. The number of rotatable bonds is 5. The number of nitrogens with one attached hydrogen (secondary N) is 1. The van der Waals surface area contributed by atoms with E-state index in [0.29, 0.717) is 13.1 Å². The minimum Gasteiger partial charge on any atom is -0.325 e. The number of hydrogen-bond donors (Lipinski definition) is 1. The van der Waals surface area contributed by atoms with Crippen LogP contribution in [0.2, 0.25) is 0 Å². The Morgan fingerprint density at radius 3 is 2.75 bits per heavy atom. The number of alkyl halides is 1. The molecule has 0 amide bonds. The van der Waals surface area contributed by atoms with Crippen LogP contribution < -0.4 is 4.72 Å². The van der Waals surface area contributed by atoms with E-state index in [2.05, 4.69) is 9.71 Å². The highest BCUT2D eigenvalue weighted by Crippen LogP contribution is 2.25. The van der Waals surface area contributed by atoms with Gasteiger partial charge in [0.05, 0.1) is 22.7 Å². The van der Waals surface area contributed by atoms with Gasteiger partial charge in [-0.25, -0.2) is 18.1 Å². The molecule has 1 atom stereocenters. The quantitative estimate of drug-likeness (QED) is 0.860. The van der Waals surface area contributed by atoms with E-state index < -0.39 is 10.0 Å². The highest BCUT2D eigenvalue weighted by molar-refractivity contribution is 7.88. The van der Waals surface area contributed by atoms with Gasteiger partial charge >= 0.3 is 0 Å². The average Bonchev–Trinajstić information content (AvgIpc) is 2.66. The van der Waals surface area contributed by atoms with Crippen LogP contribution in [0.4, 0.5) is 0 Å². The maximum absolute atomic E-state index is 11.1. The fourth-order valence-corrected chi connectivity index (χ4v) is 2.76. The zero-order valence-electron chi connectivity index (χ0n) is 11.7. The van der Waals surface area contributed by atoms with Crippen LogP contribution in [0.1, 0.15) is 23.7 Å². The van der Waals surface area contributed by atoms with Crippen LogP contribution in [-0.2, 0) is 16.6 Å². The van der Waals surface area contributed by atoms with Gasteiger partial charge in [0.15, 0.2) is 0 Å². The van der Waals surface area contributed by atoms with E-state index in [1.807, 2.05) is 36.6 Å². The number of hydrogen-bond acceptors (Lipinski definition) is 3. The molecule has 0 bridgehead atoms. The zero-order chi connectivity index (χ0) is 14.9. The summed E-state index contributed by atoms with van der Waals surface area (Å²) in [4.78, 5) is 4.52. The Morgan fingerprint density at radius 1 is 1.45 bits per heavy atom. The molecule has 1 aromatic carbocycles. The Balaban J connectivity index is 2.38. The van der Waals surface area contributed by atoms with Crippen molar-refractivity contribution < 1.29 is 8.42 Å². The van der Waals surface area contributed by atoms with E-state index in [0.717, 1.165) is 28.7 Å². The highest BCUT2D eigenvalue weighted by atomic mass is 35.5. The predicted octanol–water partition coefficient (Wildman–Crippen LogP) is 2.19.